The van der Waals surface area contributed by atoms with Crippen LogP contribution in [-0.4, -0.2) is 72.0 Å². The normalized spacial score (nSPS) is 25.2. The minimum Gasteiger partial charge on any atom is -0.340 e. The first-order chi connectivity index (χ1) is 9.96. The zero-order chi connectivity index (χ0) is 15.5. The molecule has 0 saturated carbocycles. The molecule has 2 fully saturated rings. The van der Waals surface area contributed by atoms with E-state index in [1.54, 1.807) is 0 Å². The number of carbonyl (C=O) groups is 1. The Morgan fingerprint density at radius 3 is 2.29 bits per heavy atom. The van der Waals surface area contributed by atoms with E-state index >= 15 is 0 Å². The van der Waals surface area contributed by atoms with E-state index in [-0.39, 0.29) is 5.54 Å². The lowest BCUT2D eigenvalue weighted by atomic mass is 9.91. The second-order valence-electron chi connectivity index (χ2n) is 7.30. The number of amides is 1. The van der Waals surface area contributed by atoms with Crippen LogP contribution in [0.15, 0.2) is 0 Å². The predicted octanol–water partition coefficient (Wildman–Crippen LogP) is 2.05. The molecule has 2 aliphatic rings. The van der Waals surface area contributed by atoms with E-state index in [0.29, 0.717) is 12.3 Å². The lowest BCUT2D eigenvalue weighted by Crippen LogP contribution is -2.61. The standard InChI is InChI=1S/C17H33N3O/c1-5-16(21)19-11-12-20(17(3,4)14-19)13-15-7-9-18(6-2)10-8-15/h15H,5-14H2,1-4H3. The molecule has 122 valence electrons. The summed E-state index contributed by atoms with van der Waals surface area (Å²) >= 11 is 0. The van der Waals surface area contributed by atoms with Gasteiger partial charge in [0.1, 0.15) is 0 Å². The molecule has 0 N–H and O–H groups in total. The molecule has 0 spiro atoms. The van der Waals surface area contributed by atoms with Crippen LogP contribution >= 0.6 is 0 Å². The fourth-order valence-electron chi connectivity index (χ4n) is 3.76. The number of piperidine rings is 1. The Balaban J connectivity index is 1.86. The maximum absolute atomic E-state index is 11.9. The lowest BCUT2D eigenvalue weighted by molar-refractivity contribution is -0.136. The maximum atomic E-state index is 11.9. The van der Waals surface area contributed by atoms with Gasteiger partial charge in [-0.2, -0.15) is 0 Å². The van der Waals surface area contributed by atoms with Crippen LogP contribution in [0.5, 0.6) is 0 Å². The molecule has 2 aliphatic heterocycles. The third-order valence-electron chi connectivity index (χ3n) is 5.36. The van der Waals surface area contributed by atoms with Gasteiger partial charge in [-0.15, -0.1) is 0 Å². The van der Waals surface area contributed by atoms with Crippen molar-refractivity contribution in [3.05, 3.63) is 0 Å². The highest BCUT2D eigenvalue weighted by molar-refractivity contribution is 5.76. The molecule has 0 unspecified atom stereocenters. The Bertz CT molecular complexity index is 348. The first-order valence-corrected chi connectivity index (χ1v) is 8.71. The minimum absolute atomic E-state index is 0.116. The minimum atomic E-state index is 0.116. The summed E-state index contributed by atoms with van der Waals surface area (Å²) in [5.74, 6) is 1.14. The van der Waals surface area contributed by atoms with Gasteiger partial charge in [-0.25, -0.2) is 0 Å². The third-order valence-corrected chi connectivity index (χ3v) is 5.36. The summed E-state index contributed by atoms with van der Waals surface area (Å²) in [5, 5.41) is 0. The van der Waals surface area contributed by atoms with Crippen molar-refractivity contribution in [1.82, 2.24) is 14.7 Å². The largest absolute Gasteiger partial charge is 0.340 e. The number of rotatable bonds is 4. The van der Waals surface area contributed by atoms with Crippen LogP contribution in [-0.2, 0) is 4.79 Å². The molecule has 1 amide bonds. The Morgan fingerprint density at radius 2 is 1.76 bits per heavy atom. The molecule has 2 saturated heterocycles. The molecule has 2 rings (SSSR count). The molecule has 21 heavy (non-hydrogen) atoms. The fraction of sp³-hybridized carbons (Fsp3) is 0.941. The molecule has 4 heteroatoms. The highest BCUT2D eigenvalue weighted by atomic mass is 16.2. The lowest BCUT2D eigenvalue weighted by Gasteiger charge is -2.49. The van der Waals surface area contributed by atoms with Gasteiger partial charge in [-0.05, 0) is 52.2 Å². The topological polar surface area (TPSA) is 26.8 Å². The van der Waals surface area contributed by atoms with Gasteiger partial charge in [0.05, 0.1) is 0 Å². The van der Waals surface area contributed by atoms with E-state index in [1.807, 2.05) is 6.92 Å². The van der Waals surface area contributed by atoms with Gasteiger partial charge in [0.15, 0.2) is 0 Å². The van der Waals surface area contributed by atoms with Crippen molar-refractivity contribution in [2.45, 2.75) is 52.5 Å². The summed E-state index contributed by atoms with van der Waals surface area (Å²) in [6.07, 6.45) is 3.29. The van der Waals surface area contributed by atoms with Crippen molar-refractivity contribution in [3.8, 4) is 0 Å². The molecule has 0 aromatic rings. The molecule has 0 aromatic heterocycles. The highest BCUT2D eigenvalue weighted by Gasteiger charge is 2.36. The van der Waals surface area contributed by atoms with Crippen molar-refractivity contribution < 1.29 is 4.79 Å². The Hall–Kier alpha value is -0.610. The molecule has 0 bridgehead atoms. The highest BCUT2D eigenvalue weighted by Crippen LogP contribution is 2.26. The van der Waals surface area contributed by atoms with E-state index in [0.717, 1.165) is 25.6 Å². The molecule has 0 aromatic carbocycles. The summed E-state index contributed by atoms with van der Waals surface area (Å²) in [6, 6.07) is 0. The number of nitrogens with zero attached hydrogens (tertiary/aromatic N) is 3. The van der Waals surface area contributed by atoms with E-state index in [4.69, 9.17) is 0 Å². The van der Waals surface area contributed by atoms with Crippen LogP contribution in [0.4, 0.5) is 0 Å². The van der Waals surface area contributed by atoms with Gasteiger partial charge in [-0.1, -0.05) is 13.8 Å². The van der Waals surface area contributed by atoms with E-state index in [1.165, 1.54) is 39.0 Å². The zero-order valence-corrected chi connectivity index (χ0v) is 14.4. The van der Waals surface area contributed by atoms with Gasteiger partial charge in [0, 0.05) is 38.1 Å². The van der Waals surface area contributed by atoms with E-state index in [2.05, 4.69) is 35.5 Å². The molecule has 4 nitrogen and oxygen atoms in total. The van der Waals surface area contributed by atoms with Crippen molar-refractivity contribution in [3.63, 3.8) is 0 Å². The number of likely N-dealkylation sites (tertiary alicyclic amines) is 1. The van der Waals surface area contributed by atoms with Gasteiger partial charge < -0.3 is 9.80 Å². The predicted molar refractivity (Wildman–Crippen MR) is 87.4 cm³/mol. The summed E-state index contributed by atoms with van der Waals surface area (Å²) in [5.41, 5.74) is 0.116. The average molecular weight is 295 g/mol. The van der Waals surface area contributed by atoms with Crippen LogP contribution in [0.25, 0.3) is 0 Å². The van der Waals surface area contributed by atoms with Crippen LogP contribution in [0.2, 0.25) is 0 Å². The molecule has 2 heterocycles. The SMILES string of the molecule is CCC(=O)N1CCN(CC2CCN(CC)CC2)C(C)(C)C1. The van der Waals surface area contributed by atoms with Crippen LogP contribution in [0.1, 0.15) is 47.0 Å². The first kappa shape index (κ1) is 16.8. The number of hydrogen-bond acceptors (Lipinski definition) is 3. The summed E-state index contributed by atoms with van der Waals surface area (Å²) in [4.78, 5) is 19.2. The second kappa shape index (κ2) is 7.10. The van der Waals surface area contributed by atoms with Gasteiger partial charge >= 0.3 is 0 Å². The van der Waals surface area contributed by atoms with Crippen LogP contribution in [0, 0.1) is 5.92 Å². The Labute approximate surface area is 130 Å². The van der Waals surface area contributed by atoms with E-state index in [9.17, 15) is 4.79 Å². The van der Waals surface area contributed by atoms with Crippen LogP contribution < -0.4 is 0 Å². The molecule has 0 radical (unpaired) electrons. The summed E-state index contributed by atoms with van der Waals surface area (Å²) in [6.45, 7) is 16.5. The zero-order valence-electron chi connectivity index (χ0n) is 14.4. The maximum Gasteiger partial charge on any atom is 0.222 e. The number of piperazine rings is 1. The van der Waals surface area contributed by atoms with Crippen molar-refractivity contribution in [1.29, 1.82) is 0 Å². The Kier molecular flexibility index (Phi) is 5.67. The van der Waals surface area contributed by atoms with Crippen molar-refractivity contribution in [2.24, 2.45) is 5.92 Å². The third kappa shape index (κ3) is 4.19. The van der Waals surface area contributed by atoms with Gasteiger partial charge in [0.2, 0.25) is 5.91 Å². The average Bonchev–Trinajstić information content (AvgIpc) is 2.48. The second-order valence-corrected chi connectivity index (χ2v) is 7.30. The van der Waals surface area contributed by atoms with Gasteiger partial charge in [0.25, 0.3) is 0 Å². The molecular weight excluding hydrogens is 262 g/mol. The van der Waals surface area contributed by atoms with Crippen LogP contribution in [0.3, 0.4) is 0 Å². The fourth-order valence-corrected chi connectivity index (χ4v) is 3.76. The smallest absolute Gasteiger partial charge is 0.222 e. The van der Waals surface area contributed by atoms with Gasteiger partial charge in [-0.3, -0.25) is 9.69 Å². The van der Waals surface area contributed by atoms with Crippen molar-refractivity contribution >= 4 is 5.91 Å². The first-order valence-electron chi connectivity index (χ1n) is 8.71. The molecule has 0 aliphatic carbocycles. The summed E-state index contributed by atoms with van der Waals surface area (Å²) < 4.78 is 0. The quantitative estimate of drug-likeness (QED) is 0.794. The Morgan fingerprint density at radius 1 is 1.10 bits per heavy atom. The van der Waals surface area contributed by atoms with Crippen molar-refractivity contribution in [2.75, 3.05) is 45.8 Å². The number of hydrogen-bond donors (Lipinski definition) is 0. The number of carbonyl (C=O) groups excluding carboxylic acids is 1. The molecule has 0 atom stereocenters. The summed E-state index contributed by atoms with van der Waals surface area (Å²) in [7, 11) is 0. The monoisotopic (exact) mass is 295 g/mol. The molecular formula is C17H33N3O. The van der Waals surface area contributed by atoms with E-state index < -0.39 is 0 Å².